The zero-order valence-electron chi connectivity index (χ0n) is 18.1. The van der Waals surface area contributed by atoms with Crippen molar-refractivity contribution in [2.45, 2.75) is 25.4 Å². The molecule has 2 aromatic rings. The molecule has 9 heteroatoms. The molecule has 0 aromatic heterocycles. The number of alkyl halides is 2. The van der Waals surface area contributed by atoms with Gasteiger partial charge in [0.05, 0.1) is 23.8 Å². The van der Waals surface area contributed by atoms with E-state index >= 15 is 0 Å². The van der Waals surface area contributed by atoms with E-state index in [2.05, 4.69) is 19.9 Å². The van der Waals surface area contributed by atoms with Gasteiger partial charge in [0, 0.05) is 51.4 Å². The largest absolute Gasteiger partial charge is 0.435 e. The molecular weight excluding hydrogens is 430 g/mol. The van der Waals surface area contributed by atoms with E-state index in [1.54, 1.807) is 36.4 Å². The summed E-state index contributed by atoms with van der Waals surface area (Å²) in [4.78, 5) is 16.9. The van der Waals surface area contributed by atoms with Crippen LogP contribution in [0.25, 0.3) is 0 Å². The number of nitrogens with one attached hydrogen (secondary N) is 1. The normalized spacial score (nSPS) is 20.9. The lowest BCUT2D eigenvalue weighted by molar-refractivity contribution is -0.139. The predicted octanol–water partition coefficient (Wildman–Crippen LogP) is 2.47. The summed E-state index contributed by atoms with van der Waals surface area (Å²) in [7, 11) is 0. The average molecular weight is 456 g/mol. The number of rotatable bonds is 8. The first-order valence-corrected chi connectivity index (χ1v) is 10.9. The molecule has 4 rings (SSSR count). The molecule has 2 aliphatic rings. The van der Waals surface area contributed by atoms with Crippen LogP contribution in [0.3, 0.4) is 0 Å². The minimum atomic E-state index is -2.83. The molecule has 174 valence electrons. The highest BCUT2D eigenvalue weighted by atomic mass is 19.3. The van der Waals surface area contributed by atoms with Gasteiger partial charge in [-0.3, -0.25) is 14.6 Å². The van der Waals surface area contributed by atoms with E-state index in [0.29, 0.717) is 24.2 Å². The molecule has 0 spiro atoms. The van der Waals surface area contributed by atoms with Crippen molar-refractivity contribution in [2.24, 2.45) is 0 Å². The van der Waals surface area contributed by atoms with Crippen molar-refractivity contribution in [3.8, 4) is 11.8 Å². The van der Waals surface area contributed by atoms with Gasteiger partial charge in [-0.1, -0.05) is 12.1 Å². The van der Waals surface area contributed by atoms with Crippen LogP contribution >= 0.6 is 0 Å². The number of amides is 1. The molecule has 0 radical (unpaired) electrons. The summed E-state index contributed by atoms with van der Waals surface area (Å²) in [6.07, 6.45) is 0.124. The fourth-order valence-electron chi connectivity index (χ4n) is 4.38. The fraction of sp³-hybridized carbons (Fsp3) is 0.417. The van der Waals surface area contributed by atoms with E-state index in [1.165, 1.54) is 6.07 Å². The smallest absolute Gasteiger partial charge is 0.387 e. The molecule has 1 N–H and O–H groups in total. The van der Waals surface area contributed by atoms with Gasteiger partial charge < -0.3 is 14.8 Å². The van der Waals surface area contributed by atoms with E-state index < -0.39 is 6.61 Å². The quantitative estimate of drug-likeness (QED) is 0.658. The molecule has 0 aliphatic carbocycles. The third kappa shape index (κ3) is 6.48. The molecule has 2 aromatic carbocycles. The van der Waals surface area contributed by atoms with Crippen molar-refractivity contribution in [3.05, 3.63) is 65.2 Å². The number of ether oxygens (including phenoxy) is 2. The van der Waals surface area contributed by atoms with Crippen LogP contribution in [0.4, 0.5) is 8.78 Å². The van der Waals surface area contributed by atoms with Gasteiger partial charge in [0.15, 0.2) is 0 Å². The van der Waals surface area contributed by atoms with Crippen LogP contribution in [0.5, 0.6) is 5.75 Å². The van der Waals surface area contributed by atoms with Crippen molar-refractivity contribution in [1.82, 2.24) is 15.1 Å². The maximum Gasteiger partial charge on any atom is 0.387 e. The van der Waals surface area contributed by atoms with Gasteiger partial charge in [0.1, 0.15) is 5.75 Å². The van der Waals surface area contributed by atoms with Crippen LogP contribution in [0.1, 0.15) is 21.5 Å². The Morgan fingerprint density at radius 1 is 1.12 bits per heavy atom. The van der Waals surface area contributed by atoms with Gasteiger partial charge in [-0.15, -0.1) is 0 Å². The molecule has 33 heavy (non-hydrogen) atoms. The number of hydrogen-bond acceptors (Lipinski definition) is 6. The lowest BCUT2D eigenvalue weighted by Gasteiger charge is -2.46. The maximum absolute atomic E-state index is 12.5. The Morgan fingerprint density at radius 3 is 2.48 bits per heavy atom. The van der Waals surface area contributed by atoms with E-state index in [0.717, 1.165) is 38.3 Å². The number of nitrogens with zero attached hydrogens (tertiary/aromatic N) is 3. The van der Waals surface area contributed by atoms with Crippen LogP contribution in [0, 0.1) is 11.3 Å². The third-order valence-corrected chi connectivity index (χ3v) is 5.75. The standard InChI is InChI=1S/C24H26F2N4O3/c25-24(26)33-20-3-1-2-18(10-20)12-30-15-21-13-29(14-22(16-30)32-21)9-8-28-23(31)19-6-4-17(11-27)5-7-19/h1-7,10,21-22,24H,8-9,12-16H2,(H,28,31). The minimum absolute atomic E-state index is 0.0622. The number of morpholine rings is 2. The molecule has 2 saturated heterocycles. The van der Waals surface area contributed by atoms with Crippen LogP contribution in [-0.2, 0) is 11.3 Å². The molecule has 1 amide bonds. The van der Waals surface area contributed by atoms with Crippen LogP contribution in [0.15, 0.2) is 48.5 Å². The molecule has 2 fully saturated rings. The number of nitriles is 1. The second-order valence-electron chi connectivity index (χ2n) is 8.30. The summed E-state index contributed by atoms with van der Waals surface area (Å²) in [6.45, 7) is 2.13. The Kier molecular flexibility index (Phi) is 7.50. The number of carbonyl (C=O) groups excluding carboxylic acids is 1. The van der Waals surface area contributed by atoms with Crippen molar-refractivity contribution in [3.63, 3.8) is 0 Å². The topological polar surface area (TPSA) is 77.8 Å². The second kappa shape index (κ2) is 10.7. The van der Waals surface area contributed by atoms with E-state index in [-0.39, 0.29) is 23.9 Å². The number of fused-ring (bicyclic) bond motifs is 2. The summed E-state index contributed by atoms with van der Waals surface area (Å²) in [5.41, 5.74) is 1.98. The van der Waals surface area contributed by atoms with E-state index in [1.807, 2.05) is 12.1 Å². The van der Waals surface area contributed by atoms with Crippen molar-refractivity contribution in [1.29, 1.82) is 5.26 Å². The molecule has 2 aliphatic heterocycles. The predicted molar refractivity (Wildman–Crippen MR) is 117 cm³/mol. The lowest BCUT2D eigenvalue weighted by atomic mass is 10.1. The molecule has 2 heterocycles. The first-order chi connectivity index (χ1) is 16.0. The fourth-order valence-corrected chi connectivity index (χ4v) is 4.38. The molecule has 2 bridgehead atoms. The Bertz CT molecular complexity index is 982. The van der Waals surface area contributed by atoms with Gasteiger partial charge >= 0.3 is 6.61 Å². The maximum atomic E-state index is 12.5. The molecule has 2 atom stereocenters. The first kappa shape index (κ1) is 23.1. The van der Waals surface area contributed by atoms with Gasteiger partial charge in [-0.2, -0.15) is 14.0 Å². The SMILES string of the molecule is N#Cc1ccc(C(=O)NCCN2CC3CN(Cc4cccc(OC(F)F)c4)CC(C2)O3)cc1. The summed E-state index contributed by atoms with van der Waals surface area (Å²) in [5, 5.41) is 11.8. The van der Waals surface area contributed by atoms with Crippen LogP contribution < -0.4 is 10.1 Å². The lowest BCUT2D eigenvalue weighted by Crippen LogP contribution is -2.59. The highest BCUT2D eigenvalue weighted by Crippen LogP contribution is 2.22. The molecule has 0 saturated carbocycles. The Hall–Kier alpha value is -3.06. The molecule has 2 unspecified atom stereocenters. The molecular formula is C24H26F2N4O3. The third-order valence-electron chi connectivity index (χ3n) is 5.75. The van der Waals surface area contributed by atoms with Crippen molar-refractivity contribution >= 4 is 5.91 Å². The van der Waals surface area contributed by atoms with E-state index in [4.69, 9.17) is 10.00 Å². The Morgan fingerprint density at radius 2 is 1.82 bits per heavy atom. The Balaban J connectivity index is 1.22. The van der Waals surface area contributed by atoms with Gasteiger partial charge in [0.2, 0.25) is 0 Å². The van der Waals surface area contributed by atoms with Gasteiger partial charge in [-0.05, 0) is 42.0 Å². The minimum Gasteiger partial charge on any atom is -0.435 e. The van der Waals surface area contributed by atoms with Crippen LogP contribution in [0.2, 0.25) is 0 Å². The second-order valence-corrected chi connectivity index (χ2v) is 8.30. The summed E-state index contributed by atoms with van der Waals surface area (Å²) >= 11 is 0. The van der Waals surface area contributed by atoms with E-state index in [9.17, 15) is 13.6 Å². The number of carbonyl (C=O) groups is 1. The highest BCUT2D eigenvalue weighted by molar-refractivity contribution is 5.94. The number of halogens is 2. The van der Waals surface area contributed by atoms with Crippen LogP contribution in [-0.4, -0.2) is 73.8 Å². The summed E-state index contributed by atoms with van der Waals surface area (Å²) < 4.78 is 35.5. The Labute approximate surface area is 191 Å². The zero-order valence-corrected chi connectivity index (χ0v) is 18.1. The number of benzene rings is 2. The van der Waals surface area contributed by atoms with Crippen molar-refractivity contribution < 1.29 is 23.0 Å². The van der Waals surface area contributed by atoms with Crippen molar-refractivity contribution in [2.75, 3.05) is 39.3 Å². The average Bonchev–Trinajstić information content (AvgIpc) is 2.78. The summed E-state index contributed by atoms with van der Waals surface area (Å²) in [5.74, 6) is 0.0161. The zero-order chi connectivity index (χ0) is 23.2. The monoisotopic (exact) mass is 456 g/mol. The highest BCUT2D eigenvalue weighted by Gasteiger charge is 2.34. The van der Waals surface area contributed by atoms with Gasteiger partial charge in [0.25, 0.3) is 5.91 Å². The van der Waals surface area contributed by atoms with Gasteiger partial charge in [-0.25, -0.2) is 0 Å². The molecule has 7 nitrogen and oxygen atoms in total. The summed E-state index contributed by atoms with van der Waals surface area (Å²) in [6, 6.07) is 15.4. The first-order valence-electron chi connectivity index (χ1n) is 10.9. The number of hydrogen-bond donors (Lipinski definition) is 1.